The molecule has 1 aliphatic heterocycles. The molecule has 16 heavy (non-hydrogen) atoms. The van der Waals surface area contributed by atoms with Crippen LogP contribution in [-0.2, 0) is 14.6 Å². The lowest BCUT2D eigenvalue weighted by Gasteiger charge is -2.33. The first-order chi connectivity index (χ1) is 7.29. The van der Waals surface area contributed by atoms with Gasteiger partial charge in [0.05, 0.1) is 0 Å². The number of rotatable bonds is 3. The van der Waals surface area contributed by atoms with Crippen molar-refractivity contribution in [3.05, 3.63) is 0 Å². The summed E-state index contributed by atoms with van der Waals surface area (Å²) in [7, 11) is -3.22. The number of carbonyl (C=O) groups is 1. The average molecular weight is 248 g/mol. The molecule has 0 saturated carbocycles. The van der Waals surface area contributed by atoms with Crippen molar-refractivity contribution in [1.82, 2.24) is 4.90 Å². The maximum atomic E-state index is 11.6. The van der Waals surface area contributed by atoms with Crippen LogP contribution in [0.2, 0.25) is 0 Å². The van der Waals surface area contributed by atoms with Gasteiger partial charge in [0.25, 0.3) is 0 Å². The Labute approximate surface area is 96.9 Å². The molecule has 1 saturated heterocycles. The van der Waals surface area contributed by atoms with Crippen molar-refractivity contribution < 1.29 is 13.2 Å². The largest absolute Gasteiger partial charge is 0.342 e. The molecule has 1 unspecified atom stereocenters. The van der Waals surface area contributed by atoms with E-state index in [9.17, 15) is 13.2 Å². The van der Waals surface area contributed by atoms with Gasteiger partial charge in [-0.2, -0.15) is 0 Å². The molecular weight excluding hydrogens is 228 g/mol. The monoisotopic (exact) mass is 248 g/mol. The predicted octanol–water partition coefficient (Wildman–Crippen LogP) is -0.383. The molecule has 6 heteroatoms. The molecule has 1 fully saturated rings. The van der Waals surface area contributed by atoms with Crippen LogP contribution < -0.4 is 5.73 Å². The lowest BCUT2D eigenvalue weighted by Crippen LogP contribution is -2.44. The smallest absolute Gasteiger partial charge is 0.237 e. The van der Waals surface area contributed by atoms with Crippen LogP contribution in [0.5, 0.6) is 0 Å². The highest BCUT2D eigenvalue weighted by Gasteiger charge is 2.26. The van der Waals surface area contributed by atoms with Crippen LogP contribution in [0.4, 0.5) is 0 Å². The predicted molar refractivity (Wildman–Crippen MR) is 62.7 cm³/mol. The van der Waals surface area contributed by atoms with Crippen LogP contribution in [0.15, 0.2) is 0 Å². The van der Waals surface area contributed by atoms with Gasteiger partial charge in [-0.05, 0) is 25.7 Å². The first-order valence-electron chi connectivity index (χ1n) is 5.50. The van der Waals surface area contributed by atoms with E-state index in [0.29, 0.717) is 19.0 Å². The van der Waals surface area contributed by atoms with E-state index in [1.165, 1.54) is 0 Å². The highest BCUT2D eigenvalue weighted by molar-refractivity contribution is 7.91. The minimum atomic E-state index is -3.22. The minimum Gasteiger partial charge on any atom is -0.342 e. The molecule has 0 aliphatic carbocycles. The van der Waals surface area contributed by atoms with E-state index in [1.807, 2.05) is 6.92 Å². The van der Waals surface area contributed by atoms with Crippen LogP contribution in [0.1, 0.15) is 19.8 Å². The SMILES string of the molecule is CC(N)C1CCN(C(=O)CS(C)(=O)=O)CC1. The summed E-state index contributed by atoms with van der Waals surface area (Å²) in [4.78, 5) is 13.2. The van der Waals surface area contributed by atoms with E-state index >= 15 is 0 Å². The Balaban J connectivity index is 2.45. The molecule has 94 valence electrons. The van der Waals surface area contributed by atoms with Gasteiger partial charge in [0.1, 0.15) is 5.75 Å². The second-order valence-corrected chi connectivity index (χ2v) is 6.79. The topological polar surface area (TPSA) is 80.5 Å². The molecule has 0 radical (unpaired) electrons. The number of piperidine rings is 1. The Morgan fingerprint density at radius 2 is 1.94 bits per heavy atom. The molecule has 1 rings (SSSR count). The van der Waals surface area contributed by atoms with Crippen molar-refractivity contribution in [2.75, 3.05) is 25.1 Å². The number of hydrogen-bond acceptors (Lipinski definition) is 4. The van der Waals surface area contributed by atoms with Crippen LogP contribution in [0.25, 0.3) is 0 Å². The molecule has 1 heterocycles. The maximum absolute atomic E-state index is 11.6. The Morgan fingerprint density at radius 3 is 2.31 bits per heavy atom. The van der Waals surface area contributed by atoms with E-state index < -0.39 is 9.84 Å². The van der Waals surface area contributed by atoms with Gasteiger partial charge in [0, 0.05) is 25.4 Å². The number of hydrogen-bond donors (Lipinski definition) is 1. The van der Waals surface area contributed by atoms with Crippen molar-refractivity contribution >= 4 is 15.7 Å². The summed E-state index contributed by atoms with van der Waals surface area (Å²) in [6.07, 6.45) is 2.82. The fraction of sp³-hybridized carbons (Fsp3) is 0.900. The third-order valence-electron chi connectivity index (χ3n) is 3.02. The average Bonchev–Trinajstić information content (AvgIpc) is 2.15. The molecule has 2 N–H and O–H groups in total. The number of nitrogens with two attached hydrogens (primary N) is 1. The van der Waals surface area contributed by atoms with Crippen molar-refractivity contribution in [2.45, 2.75) is 25.8 Å². The first kappa shape index (κ1) is 13.4. The zero-order valence-electron chi connectivity index (χ0n) is 9.85. The summed E-state index contributed by atoms with van der Waals surface area (Å²) in [5, 5.41) is 0. The van der Waals surface area contributed by atoms with Crippen molar-refractivity contribution in [3.63, 3.8) is 0 Å². The van der Waals surface area contributed by atoms with Gasteiger partial charge in [-0.15, -0.1) is 0 Å². The summed E-state index contributed by atoms with van der Waals surface area (Å²) in [5.41, 5.74) is 5.79. The summed E-state index contributed by atoms with van der Waals surface area (Å²) in [6, 6.07) is 0.146. The van der Waals surface area contributed by atoms with Gasteiger partial charge in [-0.3, -0.25) is 4.79 Å². The Kier molecular flexibility index (Phi) is 4.32. The quantitative estimate of drug-likeness (QED) is 0.738. The third-order valence-corrected chi connectivity index (χ3v) is 3.79. The van der Waals surface area contributed by atoms with Crippen molar-refractivity contribution in [3.8, 4) is 0 Å². The first-order valence-corrected chi connectivity index (χ1v) is 7.57. The van der Waals surface area contributed by atoms with Crippen molar-refractivity contribution in [2.24, 2.45) is 11.7 Å². The fourth-order valence-corrected chi connectivity index (χ4v) is 2.62. The molecule has 5 nitrogen and oxygen atoms in total. The molecule has 0 bridgehead atoms. The van der Waals surface area contributed by atoms with Crippen molar-refractivity contribution in [1.29, 1.82) is 0 Å². The molecule has 1 atom stereocenters. The van der Waals surface area contributed by atoms with E-state index in [4.69, 9.17) is 5.73 Å². The lowest BCUT2D eigenvalue weighted by molar-refractivity contribution is -0.129. The van der Waals surface area contributed by atoms with Gasteiger partial charge in [-0.1, -0.05) is 0 Å². The molecular formula is C10H20N2O3S. The number of carbonyl (C=O) groups excluding carboxylic acids is 1. The number of amides is 1. The molecule has 0 aromatic heterocycles. The van der Waals surface area contributed by atoms with E-state index in [0.717, 1.165) is 19.1 Å². The van der Waals surface area contributed by atoms with Gasteiger partial charge in [-0.25, -0.2) is 8.42 Å². The summed E-state index contributed by atoms with van der Waals surface area (Å²) in [5.74, 6) is -0.219. The Morgan fingerprint density at radius 1 is 1.44 bits per heavy atom. The zero-order valence-corrected chi connectivity index (χ0v) is 10.7. The number of likely N-dealkylation sites (tertiary alicyclic amines) is 1. The molecule has 0 spiro atoms. The van der Waals surface area contributed by atoms with Crippen LogP contribution >= 0.6 is 0 Å². The second kappa shape index (κ2) is 5.14. The third kappa shape index (κ3) is 4.09. The zero-order chi connectivity index (χ0) is 12.3. The highest BCUT2D eigenvalue weighted by atomic mass is 32.2. The van der Waals surface area contributed by atoms with Crippen LogP contribution in [-0.4, -0.2) is 50.4 Å². The number of sulfone groups is 1. The normalized spacial score (nSPS) is 20.8. The van der Waals surface area contributed by atoms with E-state index in [2.05, 4.69) is 0 Å². The minimum absolute atomic E-state index is 0.146. The van der Waals surface area contributed by atoms with Crippen LogP contribution in [0, 0.1) is 5.92 Å². The maximum Gasteiger partial charge on any atom is 0.237 e. The summed E-state index contributed by atoms with van der Waals surface area (Å²) in [6.45, 7) is 3.22. The van der Waals surface area contributed by atoms with E-state index in [-0.39, 0.29) is 17.7 Å². The molecule has 0 aromatic carbocycles. The lowest BCUT2D eigenvalue weighted by atomic mass is 9.91. The summed E-state index contributed by atoms with van der Waals surface area (Å²) < 4.78 is 22.0. The molecule has 0 aromatic rings. The van der Waals surface area contributed by atoms with E-state index in [1.54, 1.807) is 4.90 Å². The van der Waals surface area contributed by atoms with Gasteiger partial charge >= 0.3 is 0 Å². The standard InChI is InChI=1S/C10H20N2O3S/c1-8(11)9-3-5-12(6-4-9)10(13)7-16(2,14)15/h8-9H,3-7,11H2,1-2H3. The van der Waals surface area contributed by atoms with Gasteiger partial charge < -0.3 is 10.6 Å². The molecule has 1 amide bonds. The van der Waals surface area contributed by atoms with Gasteiger partial charge in [0.15, 0.2) is 9.84 Å². The fourth-order valence-electron chi connectivity index (χ4n) is 1.99. The van der Waals surface area contributed by atoms with Crippen LogP contribution in [0.3, 0.4) is 0 Å². The molecule has 1 aliphatic rings. The van der Waals surface area contributed by atoms with Gasteiger partial charge in [0.2, 0.25) is 5.91 Å². The number of nitrogens with zero attached hydrogens (tertiary/aromatic N) is 1. The Bertz CT molecular complexity index is 343. The summed E-state index contributed by atoms with van der Waals surface area (Å²) >= 11 is 0. The Hall–Kier alpha value is -0.620. The second-order valence-electron chi connectivity index (χ2n) is 4.65. The highest BCUT2D eigenvalue weighted by Crippen LogP contribution is 2.19.